The molecule has 1 aliphatic rings. The van der Waals surface area contributed by atoms with Crippen LogP contribution in [0.25, 0.3) is 10.9 Å². The SMILES string of the molecule is CCCCCC1Sc2c(c3ccccc3n2C)C(=O)C1Cn1ccnc1C.Cl. The van der Waals surface area contributed by atoms with E-state index in [0.717, 1.165) is 40.3 Å². The highest BCUT2D eigenvalue weighted by Crippen LogP contribution is 2.45. The normalized spacial score (nSPS) is 18.9. The van der Waals surface area contributed by atoms with Crippen LogP contribution in [0, 0.1) is 12.8 Å². The van der Waals surface area contributed by atoms with Crippen LogP contribution in [0.1, 0.15) is 48.8 Å². The van der Waals surface area contributed by atoms with Crippen LogP contribution >= 0.6 is 24.2 Å². The zero-order valence-corrected chi connectivity index (χ0v) is 18.4. The summed E-state index contributed by atoms with van der Waals surface area (Å²) in [6, 6.07) is 8.28. The fourth-order valence-corrected chi connectivity index (χ4v) is 5.72. The van der Waals surface area contributed by atoms with Crippen molar-refractivity contribution in [3.8, 4) is 0 Å². The maximum atomic E-state index is 13.7. The Morgan fingerprint density at radius 2 is 2.00 bits per heavy atom. The summed E-state index contributed by atoms with van der Waals surface area (Å²) in [5, 5.41) is 2.55. The molecule has 0 radical (unpaired) electrons. The number of aryl methyl sites for hydroxylation is 2. The second-order valence-corrected chi connectivity index (χ2v) is 8.73. The van der Waals surface area contributed by atoms with Gasteiger partial charge in [-0.05, 0) is 19.4 Å². The average molecular weight is 418 g/mol. The number of benzene rings is 1. The first-order valence-electron chi connectivity index (χ1n) is 9.87. The lowest BCUT2D eigenvalue weighted by Gasteiger charge is -2.31. The maximum absolute atomic E-state index is 13.7. The third kappa shape index (κ3) is 3.62. The molecule has 1 aliphatic heterocycles. The molecule has 2 aromatic heterocycles. The van der Waals surface area contributed by atoms with Gasteiger partial charge in [-0.2, -0.15) is 0 Å². The van der Waals surface area contributed by atoms with Gasteiger partial charge < -0.3 is 9.13 Å². The zero-order chi connectivity index (χ0) is 19.0. The molecule has 6 heteroatoms. The van der Waals surface area contributed by atoms with Gasteiger partial charge in [-0.3, -0.25) is 4.79 Å². The average Bonchev–Trinajstić information content (AvgIpc) is 3.20. The molecule has 0 spiro atoms. The Morgan fingerprint density at radius 3 is 2.71 bits per heavy atom. The largest absolute Gasteiger partial charge is 0.338 e. The molecule has 0 bridgehead atoms. The van der Waals surface area contributed by atoms with E-state index in [1.807, 2.05) is 43.2 Å². The second kappa shape index (κ2) is 8.75. The minimum Gasteiger partial charge on any atom is -0.338 e. The number of halogens is 1. The number of para-hydroxylation sites is 1. The number of Topliss-reactive ketones (excluding diaryl/α,β-unsaturated/α-hetero) is 1. The number of ketones is 1. The van der Waals surface area contributed by atoms with Gasteiger partial charge in [-0.25, -0.2) is 4.98 Å². The van der Waals surface area contributed by atoms with Gasteiger partial charge in [0.25, 0.3) is 0 Å². The van der Waals surface area contributed by atoms with Crippen molar-refractivity contribution in [1.82, 2.24) is 14.1 Å². The molecule has 28 heavy (non-hydrogen) atoms. The number of carbonyl (C=O) groups excluding carboxylic acids is 1. The van der Waals surface area contributed by atoms with Crippen molar-refractivity contribution < 1.29 is 4.79 Å². The molecule has 2 atom stereocenters. The van der Waals surface area contributed by atoms with E-state index in [0.29, 0.717) is 11.0 Å². The zero-order valence-electron chi connectivity index (χ0n) is 16.7. The van der Waals surface area contributed by atoms with Crippen LogP contribution in [0.15, 0.2) is 41.7 Å². The van der Waals surface area contributed by atoms with Gasteiger partial charge in [0.2, 0.25) is 0 Å². The number of unbranched alkanes of at least 4 members (excludes halogenated alkanes) is 2. The summed E-state index contributed by atoms with van der Waals surface area (Å²) in [6.07, 6.45) is 8.52. The third-order valence-corrected chi connectivity index (χ3v) is 7.33. The Labute approximate surface area is 177 Å². The van der Waals surface area contributed by atoms with Crippen molar-refractivity contribution >= 4 is 40.9 Å². The molecule has 150 valence electrons. The van der Waals surface area contributed by atoms with Crippen LogP contribution in [0.4, 0.5) is 0 Å². The predicted molar refractivity (Wildman–Crippen MR) is 119 cm³/mol. The van der Waals surface area contributed by atoms with E-state index in [2.05, 4.69) is 40.2 Å². The van der Waals surface area contributed by atoms with Gasteiger partial charge in [0.15, 0.2) is 5.78 Å². The standard InChI is InChI=1S/C22H27N3OS.ClH/c1-4-5-6-11-19-17(14-25-13-12-23-15(25)2)21(26)20-16-9-7-8-10-18(16)24(3)22(20)27-19;/h7-10,12-13,17,19H,4-6,11,14H2,1-3H3;1H. The highest BCUT2D eigenvalue weighted by Gasteiger charge is 2.39. The number of hydrogen-bond donors (Lipinski definition) is 0. The first-order chi connectivity index (χ1) is 13.1. The number of aromatic nitrogens is 3. The lowest BCUT2D eigenvalue weighted by molar-refractivity contribution is 0.0895. The van der Waals surface area contributed by atoms with Crippen molar-refractivity contribution in [2.45, 2.75) is 56.4 Å². The summed E-state index contributed by atoms with van der Waals surface area (Å²) >= 11 is 1.91. The quantitative estimate of drug-likeness (QED) is 0.486. The number of rotatable bonds is 6. The Morgan fingerprint density at radius 1 is 1.21 bits per heavy atom. The van der Waals surface area contributed by atoms with Gasteiger partial charge in [-0.15, -0.1) is 24.2 Å². The molecule has 0 saturated heterocycles. The van der Waals surface area contributed by atoms with Gasteiger partial charge in [0.1, 0.15) is 5.82 Å². The van der Waals surface area contributed by atoms with E-state index in [9.17, 15) is 4.79 Å². The van der Waals surface area contributed by atoms with Crippen LogP contribution in [0.3, 0.4) is 0 Å². The summed E-state index contributed by atoms with van der Waals surface area (Å²) in [5.74, 6) is 1.28. The van der Waals surface area contributed by atoms with Gasteiger partial charge in [-0.1, -0.05) is 44.4 Å². The smallest absolute Gasteiger partial charge is 0.172 e. The summed E-state index contributed by atoms with van der Waals surface area (Å²) in [5.41, 5.74) is 2.07. The third-order valence-electron chi connectivity index (χ3n) is 5.76. The molecular formula is C22H28ClN3OS. The van der Waals surface area contributed by atoms with Crippen molar-refractivity contribution in [2.24, 2.45) is 13.0 Å². The van der Waals surface area contributed by atoms with Gasteiger partial charge >= 0.3 is 0 Å². The predicted octanol–water partition coefficient (Wildman–Crippen LogP) is 5.66. The molecule has 4 rings (SSSR count). The fourth-order valence-electron chi connectivity index (χ4n) is 4.19. The van der Waals surface area contributed by atoms with Crippen LogP contribution < -0.4 is 0 Å². The molecule has 0 N–H and O–H groups in total. The minimum absolute atomic E-state index is 0. The number of nitrogens with zero attached hydrogens (tertiary/aromatic N) is 3. The summed E-state index contributed by atoms with van der Waals surface area (Å²) in [4.78, 5) is 18.0. The Hall–Kier alpha value is -1.72. The van der Waals surface area contributed by atoms with Gasteiger partial charge in [0, 0.05) is 42.1 Å². The van der Waals surface area contributed by atoms with E-state index in [-0.39, 0.29) is 18.3 Å². The highest BCUT2D eigenvalue weighted by molar-refractivity contribution is 8.00. The first kappa shape index (κ1) is 21.0. The van der Waals surface area contributed by atoms with Gasteiger partial charge in [0.05, 0.1) is 16.5 Å². The minimum atomic E-state index is -0.00179. The van der Waals surface area contributed by atoms with Crippen LogP contribution in [-0.4, -0.2) is 25.2 Å². The van der Waals surface area contributed by atoms with Crippen LogP contribution in [0.5, 0.6) is 0 Å². The Bertz CT molecular complexity index is 977. The maximum Gasteiger partial charge on any atom is 0.172 e. The Kier molecular flexibility index (Phi) is 6.56. The second-order valence-electron chi connectivity index (χ2n) is 7.51. The molecule has 0 amide bonds. The van der Waals surface area contributed by atoms with E-state index in [4.69, 9.17) is 0 Å². The molecule has 3 heterocycles. The number of carbonyl (C=O) groups is 1. The topological polar surface area (TPSA) is 39.8 Å². The Balaban J connectivity index is 0.00000225. The van der Waals surface area contributed by atoms with E-state index in [1.165, 1.54) is 19.3 Å². The van der Waals surface area contributed by atoms with Crippen LogP contribution in [0.2, 0.25) is 0 Å². The fraction of sp³-hybridized carbons (Fsp3) is 0.455. The van der Waals surface area contributed by atoms with Crippen molar-refractivity contribution in [3.05, 3.63) is 48.0 Å². The summed E-state index contributed by atoms with van der Waals surface area (Å²) < 4.78 is 4.34. The number of fused-ring (bicyclic) bond motifs is 3. The first-order valence-corrected chi connectivity index (χ1v) is 10.8. The number of hydrogen-bond acceptors (Lipinski definition) is 3. The lowest BCUT2D eigenvalue weighted by Crippen LogP contribution is -2.34. The summed E-state index contributed by atoms with van der Waals surface area (Å²) in [7, 11) is 2.09. The number of thioether (sulfide) groups is 1. The molecular weight excluding hydrogens is 390 g/mol. The van der Waals surface area contributed by atoms with E-state index >= 15 is 0 Å². The lowest BCUT2D eigenvalue weighted by atomic mass is 9.90. The highest BCUT2D eigenvalue weighted by atomic mass is 35.5. The van der Waals surface area contributed by atoms with Crippen molar-refractivity contribution in [2.75, 3.05) is 0 Å². The number of imidazole rings is 1. The molecule has 2 unspecified atom stereocenters. The molecule has 4 nitrogen and oxygen atoms in total. The summed E-state index contributed by atoms with van der Waals surface area (Å²) in [6.45, 7) is 4.96. The molecule has 1 aromatic carbocycles. The molecule has 0 aliphatic carbocycles. The van der Waals surface area contributed by atoms with Crippen molar-refractivity contribution in [3.63, 3.8) is 0 Å². The monoisotopic (exact) mass is 417 g/mol. The van der Waals surface area contributed by atoms with E-state index in [1.54, 1.807) is 0 Å². The molecule has 0 fully saturated rings. The molecule has 3 aromatic rings. The van der Waals surface area contributed by atoms with E-state index < -0.39 is 0 Å². The van der Waals surface area contributed by atoms with Crippen LogP contribution in [-0.2, 0) is 13.6 Å². The molecule has 0 saturated carbocycles. The van der Waals surface area contributed by atoms with Crippen molar-refractivity contribution in [1.29, 1.82) is 0 Å².